The van der Waals surface area contributed by atoms with Gasteiger partial charge in [0.2, 0.25) is 0 Å². The molecule has 2 aromatic rings. The van der Waals surface area contributed by atoms with Gasteiger partial charge < -0.3 is 14.4 Å². The van der Waals surface area contributed by atoms with E-state index in [1.165, 1.54) is 18.2 Å². The van der Waals surface area contributed by atoms with E-state index in [0.717, 1.165) is 0 Å². The lowest BCUT2D eigenvalue weighted by atomic mass is 10.1. The van der Waals surface area contributed by atoms with Crippen molar-refractivity contribution in [1.29, 1.82) is 5.26 Å². The number of hydrogen-bond donors (Lipinski definition) is 1. The first kappa shape index (κ1) is 19.3. The number of aromatic carboxylic acids is 1. The topological polar surface area (TPSA) is 94.5 Å². The molecule has 1 aromatic carbocycles. The predicted molar refractivity (Wildman–Crippen MR) is 97.6 cm³/mol. The number of benzene rings is 1. The first-order valence-electron chi connectivity index (χ1n) is 7.95. The van der Waals surface area contributed by atoms with E-state index in [2.05, 4.69) is 0 Å². The van der Waals surface area contributed by atoms with Crippen molar-refractivity contribution >= 4 is 29.6 Å². The van der Waals surface area contributed by atoms with Gasteiger partial charge in [-0.1, -0.05) is 17.7 Å². The third-order valence-corrected chi connectivity index (χ3v) is 4.11. The average Bonchev–Trinajstić information content (AvgIpc) is 3.08. The van der Waals surface area contributed by atoms with Crippen LogP contribution < -0.4 is 0 Å². The number of carboxylic acid groups (broad SMARTS) is 1. The molecule has 0 atom stereocenters. The van der Waals surface area contributed by atoms with Crippen LogP contribution in [0.4, 0.5) is 0 Å². The number of likely N-dealkylation sites (N-methyl/N-ethyl adjacent to an activating group) is 1. The normalized spacial score (nSPS) is 11.1. The summed E-state index contributed by atoms with van der Waals surface area (Å²) in [6.07, 6.45) is 1.39. The molecule has 134 valence electrons. The van der Waals surface area contributed by atoms with E-state index in [0.29, 0.717) is 30.2 Å². The molecular weight excluding hydrogens is 356 g/mol. The molecule has 0 aliphatic heterocycles. The molecule has 0 radical (unpaired) electrons. The summed E-state index contributed by atoms with van der Waals surface area (Å²) in [6, 6.07) is 9.65. The van der Waals surface area contributed by atoms with E-state index in [4.69, 9.17) is 21.1 Å². The molecule has 0 saturated carbocycles. The summed E-state index contributed by atoms with van der Waals surface area (Å²) in [5.41, 5.74) is 0.570. The molecule has 1 heterocycles. The highest BCUT2D eigenvalue weighted by molar-refractivity contribution is 6.33. The van der Waals surface area contributed by atoms with Crippen molar-refractivity contribution in [3.8, 4) is 17.4 Å². The Hall–Kier alpha value is -3.04. The summed E-state index contributed by atoms with van der Waals surface area (Å²) in [5, 5.41) is 18.4. The van der Waals surface area contributed by atoms with E-state index >= 15 is 0 Å². The van der Waals surface area contributed by atoms with Crippen molar-refractivity contribution in [3.63, 3.8) is 0 Å². The summed E-state index contributed by atoms with van der Waals surface area (Å²) >= 11 is 5.97. The van der Waals surface area contributed by atoms with Crippen molar-refractivity contribution in [2.24, 2.45) is 0 Å². The second-order valence-corrected chi connectivity index (χ2v) is 5.76. The number of amides is 1. The standard InChI is InChI=1S/C19H17ClN2O4/c1-3-22(4-2)18(23)13(11-21)9-14-6-8-17(26-14)12-5-7-15(19(24)25)16(20)10-12/h5-10H,3-4H2,1-2H3,(H,24,25)/b13-9-. The summed E-state index contributed by atoms with van der Waals surface area (Å²) in [6.45, 7) is 4.69. The first-order valence-corrected chi connectivity index (χ1v) is 8.33. The molecule has 0 aliphatic rings. The van der Waals surface area contributed by atoms with Crippen LogP contribution in [0.3, 0.4) is 0 Å². The van der Waals surface area contributed by atoms with E-state index in [-0.39, 0.29) is 22.1 Å². The predicted octanol–water partition coefficient (Wildman–Crippen LogP) is 4.07. The van der Waals surface area contributed by atoms with Gasteiger partial charge in [0, 0.05) is 24.7 Å². The van der Waals surface area contributed by atoms with Gasteiger partial charge in [0.05, 0.1) is 10.6 Å². The Morgan fingerprint density at radius 2 is 1.96 bits per heavy atom. The van der Waals surface area contributed by atoms with Gasteiger partial charge >= 0.3 is 5.97 Å². The zero-order chi connectivity index (χ0) is 19.3. The molecular formula is C19H17ClN2O4. The SMILES string of the molecule is CCN(CC)C(=O)/C(C#N)=C\c1ccc(-c2ccc(C(=O)O)c(Cl)c2)o1. The van der Waals surface area contributed by atoms with Gasteiger partial charge in [-0.25, -0.2) is 4.79 Å². The number of halogens is 1. The maximum Gasteiger partial charge on any atom is 0.337 e. The zero-order valence-electron chi connectivity index (χ0n) is 14.3. The minimum Gasteiger partial charge on any atom is -0.478 e. The Labute approximate surface area is 155 Å². The van der Waals surface area contributed by atoms with Crippen LogP contribution >= 0.6 is 11.6 Å². The number of nitriles is 1. The number of carboxylic acids is 1. The summed E-state index contributed by atoms with van der Waals surface area (Å²) in [5.74, 6) is -0.680. The Balaban J connectivity index is 2.32. The van der Waals surface area contributed by atoms with Crippen molar-refractivity contribution in [1.82, 2.24) is 4.90 Å². The molecule has 0 aliphatic carbocycles. The highest BCUT2D eigenvalue weighted by Gasteiger charge is 2.16. The minimum absolute atomic E-state index is 0.00122. The third-order valence-electron chi connectivity index (χ3n) is 3.80. The summed E-state index contributed by atoms with van der Waals surface area (Å²) < 4.78 is 5.65. The number of hydrogen-bond acceptors (Lipinski definition) is 4. The Bertz CT molecular complexity index is 905. The quantitative estimate of drug-likeness (QED) is 0.609. The van der Waals surface area contributed by atoms with Crippen molar-refractivity contribution < 1.29 is 19.1 Å². The number of rotatable bonds is 6. The average molecular weight is 373 g/mol. The van der Waals surface area contributed by atoms with Gasteiger partial charge in [-0.05, 0) is 38.1 Å². The lowest BCUT2D eigenvalue weighted by Crippen LogP contribution is -2.31. The van der Waals surface area contributed by atoms with Crippen LogP contribution in [-0.4, -0.2) is 35.0 Å². The van der Waals surface area contributed by atoms with Crippen LogP contribution in [-0.2, 0) is 4.79 Å². The maximum atomic E-state index is 12.3. The van der Waals surface area contributed by atoms with E-state index in [9.17, 15) is 14.9 Å². The fraction of sp³-hybridized carbons (Fsp3) is 0.211. The lowest BCUT2D eigenvalue weighted by molar-refractivity contribution is -0.126. The molecule has 0 spiro atoms. The molecule has 2 rings (SSSR count). The van der Waals surface area contributed by atoms with Crippen LogP contribution in [0.25, 0.3) is 17.4 Å². The van der Waals surface area contributed by atoms with Crippen LogP contribution in [0, 0.1) is 11.3 Å². The minimum atomic E-state index is -1.11. The second kappa shape index (κ2) is 8.37. The molecule has 1 amide bonds. The second-order valence-electron chi connectivity index (χ2n) is 5.35. The number of furan rings is 1. The Morgan fingerprint density at radius 1 is 1.27 bits per heavy atom. The van der Waals surface area contributed by atoms with Gasteiger partial charge in [0.25, 0.3) is 5.91 Å². The lowest BCUT2D eigenvalue weighted by Gasteiger charge is -2.17. The van der Waals surface area contributed by atoms with Crippen LogP contribution in [0.15, 0.2) is 40.3 Å². The van der Waals surface area contributed by atoms with E-state index in [1.807, 2.05) is 19.9 Å². The van der Waals surface area contributed by atoms with Crippen molar-refractivity contribution in [2.75, 3.05) is 13.1 Å². The molecule has 26 heavy (non-hydrogen) atoms. The van der Waals surface area contributed by atoms with Crippen molar-refractivity contribution in [3.05, 3.63) is 52.3 Å². The Kier molecular flexibility index (Phi) is 6.21. The number of carbonyl (C=O) groups is 2. The van der Waals surface area contributed by atoms with Gasteiger partial charge in [-0.2, -0.15) is 5.26 Å². The molecule has 0 fully saturated rings. The van der Waals surface area contributed by atoms with Gasteiger partial charge in [-0.3, -0.25) is 4.79 Å². The largest absolute Gasteiger partial charge is 0.478 e. The summed E-state index contributed by atoms with van der Waals surface area (Å²) in [7, 11) is 0. The smallest absolute Gasteiger partial charge is 0.337 e. The van der Waals surface area contributed by atoms with E-state index < -0.39 is 5.97 Å². The first-order chi connectivity index (χ1) is 12.4. The fourth-order valence-electron chi connectivity index (χ4n) is 2.39. The third kappa shape index (κ3) is 4.13. The Morgan fingerprint density at radius 3 is 2.50 bits per heavy atom. The fourth-order valence-corrected chi connectivity index (χ4v) is 2.65. The van der Waals surface area contributed by atoms with E-state index in [1.54, 1.807) is 23.1 Å². The molecule has 0 unspecified atom stereocenters. The molecule has 0 saturated heterocycles. The van der Waals surface area contributed by atoms with Crippen LogP contribution in [0.2, 0.25) is 5.02 Å². The summed E-state index contributed by atoms with van der Waals surface area (Å²) in [4.78, 5) is 24.8. The van der Waals surface area contributed by atoms with Crippen LogP contribution in [0.5, 0.6) is 0 Å². The monoisotopic (exact) mass is 372 g/mol. The molecule has 6 nitrogen and oxygen atoms in total. The molecule has 0 bridgehead atoms. The number of nitrogens with zero attached hydrogens (tertiary/aromatic N) is 2. The molecule has 7 heteroatoms. The number of carbonyl (C=O) groups excluding carboxylic acids is 1. The van der Waals surface area contributed by atoms with Gasteiger partial charge in [0.15, 0.2) is 0 Å². The highest BCUT2D eigenvalue weighted by Crippen LogP contribution is 2.28. The zero-order valence-corrected chi connectivity index (χ0v) is 15.1. The van der Waals surface area contributed by atoms with Gasteiger partial charge in [0.1, 0.15) is 23.2 Å². The van der Waals surface area contributed by atoms with Crippen LogP contribution in [0.1, 0.15) is 30.0 Å². The molecule has 1 N–H and O–H groups in total. The van der Waals surface area contributed by atoms with Crippen molar-refractivity contribution in [2.45, 2.75) is 13.8 Å². The maximum absolute atomic E-state index is 12.3. The highest BCUT2D eigenvalue weighted by atomic mass is 35.5. The van der Waals surface area contributed by atoms with Gasteiger partial charge in [-0.15, -0.1) is 0 Å². The molecule has 1 aromatic heterocycles.